The minimum absolute atomic E-state index is 0.108. The lowest BCUT2D eigenvalue weighted by molar-refractivity contribution is -0.120. The predicted octanol–water partition coefficient (Wildman–Crippen LogP) is 3.25. The molecule has 0 radical (unpaired) electrons. The third-order valence-electron chi connectivity index (χ3n) is 3.22. The summed E-state index contributed by atoms with van der Waals surface area (Å²) < 4.78 is 0. The fourth-order valence-electron chi connectivity index (χ4n) is 2.11. The van der Waals surface area contributed by atoms with Crippen LogP contribution in [0, 0.1) is 6.92 Å². The molecule has 0 fully saturated rings. The van der Waals surface area contributed by atoms with Crippen LogP contribution in [0.15, 0.2) is 42.6 Å². The van der Waals surface area contributed by atoms with E-state index in [9.17, 15) is 9.59 Å². The number of benzene rings is 1. The molecule has 5 nitrogen and oxygen atoms in total. The van der Waals surface area contributed by atoms with Crippen LogP contribution >= 0.6 is 11.6 Å². The average molecular weight is 332 g/mol. The van der Waals surface area contributed by atoms with Crippen molar-refractivity contribution in [2.24, 2.45) is 0 Å². The average Bonchev–Trinajstić information content (AvgIpc) is 2.49. The molecule has 1 aromatic heterocycles. The van der Waals surface area contributed by atoms with Gasteiger partial charge in [-0.15, -0.1) is 0 Å². The maximum absolute atomic E-state index is 12.2. The van der Waals surface area contributed by atoms with Crippen LogP contribution in [0.1, 0.15) is 30.5 Å². The molecule has 0 saturated heterocycles. The Hall–Kier alpha value is -2.40. The first-order valence-electron chi connectivity index (χ1n) is 7.19. The second kappa shape index (κ2) is 7.74. The topological polar surface area (TPSA) is 71.1 Å². The number of carbonyl (C=O) groups is 2. The number of pyridine rings is 1. The van der Waals surface area contributed by atoms with Gasteiger partial charge in [-0.2, -0.15) is 0 Å². The first-order valence-corrected chi connectivity index (χ1v) is 7.57. The Bertz CT molecular complexity index is 684. The standard InChI is InChI=1S/C17H18ClN3O2/c1-11-3-8-16(19-10-11)21-17(23)9-15(20-12(2)22)13-4-6-14(18)7-5-13/h3-8,10,15H,9H2,1-2H3,(H,20,22)(H,19,21,23). The first kappa shape index (κ1) is 17.0. The van der Waals surface area contributed by atoms with Gasteiger partial charge >= 0.3 is 0 Å². The van der Waals surface area contributed by atoms with E-state index in [1.165, 1.54) is 6.92 Å². The number of carbonyl (C=O) groups excluding carboxylic acids is 2. The normalized spacial score (nSPS) is 11.6. The Morgan fingerprint density at radius 2 is 1.87 bits per heavy atom. The summed E-state index contributed by atoms with van der Waals surface area (Å²) in [5.41, 5.74) is 1.83. The summed E-state index contributed by atoms with van der Waals surface area (Å²) in [7, 11) is 0. The molecule has 2 rings (SSSR count). The van der Waals surface area contributed by atoms with Crippen LogP contribution < -0.4 is 10.6 Å². The molecule has 0 aliphatic heterocycles. The molecular weight excluding hydrogens is 314 g/mol. The maximum Gasteiger partial charge on any atom is 0.227 e. The smallest absolute Gasteiger partial charge is 0.227 e. The summed E-state index contributed by atoms with van der Waals surface area (Å²) in [6.07, 6.45) is 1.79. The van der Waals surface area contributed by atoms with Gasteiger partial charge in [0.15, 0.2) is 0 Å². The number of rotatable bonds is 5. The molecule has 23 heavy (non-hydrogen) atoms. The van der Waals surface area contributed by atoms with Gasteiger partial charge < -0.3 is 10.6 Å². The van der Waals surface area contributed by atoms with Gasteiger partial charge in [-0.3, -0.25) is 9.59 Å². The molecule has 2 N–H and O–H groups in total. The molecule has 0 aliphatic carbocycles. The Kier molecular flexibility index (Phi) is 5.71. The molecule has 1 atom stereocenters. The van der Waals surface area contributed by atoms with E-state index in [0.717, 1.165) is 11.1 Å². The van der Waals surface area contributed by atoms with Crippen molar-refractivity contribution in [3.8, 4) is 0 Å². The fraction of sp³-hybridized carbons (Fsp3) is 0.235. The molecule has 0 saturated carbocycles. The zero-order valence-corrected chi connectivity index (χ0v) is 13.7. The van der Waals surface area contributed by atoms with E-state index in [-0.39, 0.29) is 18.2 Å². The van der Waals surface area contributed by atoms with Crippen molar-refractivity contribution in [2.75, 3.05) is 5.32 Å². The van der Waals surface area contributed by atoms with Crippen molar-refractivity contribution < 1.29 is 9.59 Å². The molecule has 2 amide bonds. The maximum atomic E-state index is 12.2. The quantitative estimate of drug-likeness (QED) is 0.883. The van der Waals surface area contributed by atoms with E-state index in [4.69, 9.17) is 11.6 Å². The number of hydrogen-bond acceptors (Lipinski definition) is 3. The lowest BCUT2D eigenvalue weighted by Gasteiger charge is -2.18. The number of halogens is 1. The molecule has 2 aromatic rings. The Labute approximate surface area is 140 Å². The highest BCUT2D eigenvalue weighted by Crippen LogP contribution is 2.20. The second-order valence-electron chi connectivity index (χ2n) is 5.28. The summed E-state index contributed by atoms with van der Waals surface area (Å²) in [6, 6.07) is 10.2. The molecule has 0 bridgehead atoms. The lowest BCUT2D eigenvalue weighted by atomic mass is 10.0. The van der Waals surface area contributed by atoms with Crippen LogP contribution in [-0.4, -0.2) is 16.8 Å². The fourth-order valence-corrected chi connectivity index (χ4v) is 2.24. The van der Waals surface area contributed by atoms with Crippen LogP contribution in [0.3, 0.4) is 0 Å². The largest absolute Gasteiger partial charge is 0.349 e. The van der Waals surface area contributed by atoms with Crippen molar-refractivity contribution in [1.82, 2.24) is 10.3 Å². The first-order chi connectivity index (χ1) is 10.9. The van der Waals surface area contributed by atoms with E-state index >= 15 is 0 Å². The predicted molar refractivity (Wildman–Crippen MR) is 90.2 cm³/mol. The summed E-state index contributed by atoms with van der Waals surface area (Å²) in [5.74, 6) is 0.0551. The number of hydrogen-bond donors (Lipinski definition) is 2. The number of anilines is 1. The molecule has 1 heterocycles. The van der Waals surface area contributed by atoms with Crippen LogP contribution in [0.25, 0.3) is 0 Å². The van der Waals surface area contributed by atoms with E-state index in [1.54, 1.807) is 36.5 Å². The zero-order chi connectivity index (χ0) is 16.8. The van der Waals surface area contributed by atoms with Gasteiger partial charge in [-0.05, 0) is 36.2 Å². The van der Waals surface area contributed by atoms with Crippen LogP contribution in [0.4, 0.5) is 5.82 Å². The lowest BCUT2D eigenvalue weighted by Crippen LogP contribution is -2.29. The van der Waals surface area contributed by atoms with Crippen molar-refractivity contribution in [1.29, 1.82) is 0 Å². The number of amides is 2. The van der Waals surface area contributed by atoms with Crippen molar-refractivity contribution in [2.45, 2.75) is 26.3 Å². The molecule has 120 valence electrons. The molecule has 0 aliphatic rings. The van der Waals surface area contributed by atoms with Gasteiger partial charge in [0.05, 0.1) is 12.5 Å². The molecular formula is C17H18ClN3O2. The number of nitrogens with zero attached hydrogens (tertiary/aromatic N) is 1. The van der Waals surface area contributed by atoms with Crippen molar-refractivity contribution in [3.63, 3.8) is 0 Å². The Balaban J connectivity index is 2.07. The third-order valence-corrected chi connectivity index (χ3v) is 3.47. The second-order valence-corrected chi connectivity index (χ2v) is 5.71. The minimum atomic E-state index is -0.421. The summed E-state index contributed by atoms with van der Waals surface area (Å²) >= 11 is 5.87. The van der Waals surface area contributed by atoms with Gasteiger partial charge in [-0.25, -0.2) is 4.98 Å². The van der Waals surface area contributed by atoms with Crippen LogP contribution in [0.2, 0.25) is 5.02 Å². The van der Waals surface area contributed by atoms with Gasteiger partial charge in [0.1, 0.15) is 5.82 Å². The SMILES string of the molecule is CC(=O)NC(CC(=O)Nc1ccc(C)cn1)c1ccc(Cl)cc1. The number of nitrogens with one attached hydrogen (secondary N) is 2. The summed E-state index contributed by atoms with van der Waals surface area (Å²) in [6.45, 7) is 3.34. The van der Waals surface area contributed by atoms with Gasteiger partial charge in [0.2, 0.25) is 11.8 Å². The van der Waals surface area contributed by atoms with E-state index in [2.05, 4.69) is 15.6 Å². The molecule has 1 unspecified atom stereocenters. The van der Waals surface area contributed by atoms with Gasteiger partial charge in [-0.1, -0.05) is 29.8 Å². The minimum Gasteiger partial charge on any atom is -0.349 e. The highest BCUT2D eigenvalue weighted by Gasteiger charge is 2.17. The highest BCUT2D eigenvalue weighted by molar-refractivity contribution is 6.30. The molecule has 0 spiro atoms. The van der Waals surface area contributed by atoms with E-state index in [1.807, 2.05) is 13.0 Å². The van der Waals surface area contributed by atoms with Crippen molar-refractivity contribution in [3.05, 3.63) is 58.7 Å². The Morgan fingerprint density at radius 3 is 2.43 bits per heavy atom. The molecule has 6 heteroatoms. The van der Waals surface area contributed by atoms with Crippen molar-refractivity contribution >= 4 is 29.2 Å². The third kappa shape index (κ3) is 5.38. The van der Waals surface area contributed by atoms with E-state index < -0.39 is 6.04 Å². The number of aryl methyl sites for hydroxylation is 1. The monoisotopic (exact) mass is 331 g/mol. The zero-order valence-electron chi connectivity index (χ0n) is 13.0. The highest BCUT2D eigenvalue weighted by atomic mass is 35.5. The summed E-state index contributed by atoms with van der Waals surface area (Å²) in [5, 5.41) is 6.11. The van der Waals surface area contributed by atoms with Gasteiger partial charge in [0, 0.05) is 18.1 Å². The Morgan fingerprint density at radius 1 is 1.17 bits per heavy atom. The number of aromatic nitrogens is 1. The van der Waals surface area contributed by atoms with Crippen LogP contribution in [-0.2, 0) is 9.59 Å². The van der Waals surface area contributed by atoms with Crippen LogP contribution in [0.5, 0.6) is 0 Å². The van der Waals surface area contributed by atoms with E-state index in [0.29, 0.717) is 10.8 Å². The van der Waals surface area contributed by atoms with Gasteiger partial charge in [0.25, 0.3) is 0 Å². The summed E-state index contributed by atoms with van der Waals surface area (Å²) in [4.78, 5) is 27.7. The molecule has 1 aromatic carbocycles.